The zero-order valence-corrected chi connectivity index (χ0v) is 11.8. The minimum atomic E-state index is -0.469. The fourth-order valence-corrected chi connectivity index (χ4v) is 2.42. The minimum absolute atomic E-state index is 0.0536. The molecule has 2 amide bonds. The van der Waals surface area contributed by atoms with Gasteiger partial charge in [0.2, 0.25) is 11.8 Å². The van der Waals surface area contributed by atoms with Crippen molar-refractivity contribution in [1.29, 1.82) is 0 Å². The first-order valence-electron chi connectivity index (χ1n) is 6.62. The molecule has 0 aliphatic carbocycles. The van der Waals surface area contributed by atoms with Gasteiger partial charge in [-0.15, -0.1) is 0 Å². The molecular formula is C15H20N2O2. The molecule has 4 heteroatoms. The molecule has 19 heavy (non-hydrogen) atoms. The number of anilines is 1. The third-order valence-electron chi connectivity index (χ3n) is 3.46. The average Bonchev–Trinajstić information content (AvgIpc) is 2.34. The Morgan fingerprint density at radius 3 is 2.26 bits per heavy atom. The van der Waals surface area contributed by atoms with Crippen LogP contribution in [0.1, 0.15) is 26.3 Å². The molecule has 2 atom stereocenters. The van der Waals surface area contributed by atoms with Crippen LogP contribution in [0, 0.1) is 12.8 Å². The van der Waals surface area contributed by atoms with Crippen molar-refractivity contribution in [3.8, 4) is 0 Å². The predicted molar refractivity (Wildman–Crippen MR) is 74.9 cm³/mol. The van der Waals surface area contributed by atoms with Crippen LogP contribution in [0.3, 0.4) is 0 Å². The predicted octanol–water partition coefficient (Wildman–Crippen LogP) is 1.87. The maximum atomic E-state index is 12.4. The molecule has 1 aliphatic heterocycles. The van der Waals surface area contributed by atoms with Crippen molar-refractivity contribution >= 4 is 17.5 Å². The highest BCUT2D eigenvalue weighted by Crippen LogP contribution is 2.25. The van der Waals surface area contributed by atoms with E-state index in [2.05, 4.69) is 5.32 Å². The van der Waals surface area contributed by atoms with Crippen LogP contribution in [0.25, 0.3) is 0 Å². The number of nitrogens with one attached hydrogen (secondary N) is 1. The lowest BCUT2D eigenvalue weighted by Gasteiger charge is -2.39. The molecule has 1 aromatic carbocycles. The highest BCUT2D eigenvalue weighted by molar-refractivity contribution is 6.08. The molecule has 0 aromatic heterocycles. The van der Waals surface area contributed by atoms with E-state index in [0.29, 0.717) is 0 Å². The fraction of sp³-hybridized carbons (Fsp3) is 0.467. The Morgan fingerprint density at radius 1 is 1.16 bits per heavy atom. The van der Waals surface area contributed by atoms with Crippen LogP contribution in [0.15, 0.2) is 24.3 Å². The van der Waals surface area contributed by atoms with E-state index in [1.54, 1.807) is 11.8 Å². The fourth-order valence-electron chi connectivity index (χ4n) is 2.42. The maximum Gasteiger partial charge on any atom is 0.250 e. The van der Waals surface area contributed by atoms with Gasteiger partial charge in [-0.3, -0.25) is 14.5 Å². The van der Waals surface area contributed by atoms with E-state index < -0.39 is 12.1 Å². The summed E-state index contributed by atoms with van der Waals surface area (Å²) in [6, 6.07) is 6.80. The van der Waals surface area contributed by atoms with Crippen molar-refractivity contribution in [3.05, 3.63) is 29.8 Å². The zero-order chi connectivity index (χ0) is 14.2. The molecule has 2 rings (SSSR count). The third-order valence-corrected chi connectivity index (χ3v) is 3.46. The van der Waals surface area contributed by atoms with E-state index in [9.17, 15) is 9.59 Å². The average molecular weight is 260 g/mol. The summed E-state index contributed by atoms with van der Waals surface area (Å²) < 4.78 is 0. The van der Waals surface area contributed by atoms with Gasteiger partial charge in [-0.1, -0.05) is 31.5 Å². The topological polar surface area (TPSA) is 49.4 Å². The lowest BCUT2D eigenvalue weighted by molar-refractivity contribution is -0.134. The van der Waals surface area contributed by atoms with Crippen LogP contribution in [0.5, 0.6) is 0 Å². The van der Waals surface area contributed by atoms with Gasteiger partial charge in [-0.05, 0) is 31.9 Å². The molecule has 4 nitrogen and oxygen atoms in total. The molecule has 1 aromatic rings. The smallest absolute Gasteiger partial charge is 0.250 e. The lowest BCUT2D eigenvalue weighted by atomic mass is 9.96. The Kier molecular flexibility index (Phi) is 3.60. The van der Waals surface area contributed by atoms with Crippen LogP contribution in [0.4, 0.5) is 5.69 Å². The van der Waals surface area contributed by atoms with E-state index in [-0.39, 0.29) is 17.7 Å². The van der Waals surface area contributed by atoms with Crippen LogP contribution >= 0.6 is 0 Å². The molecular weight excluding hydrogens is 240 g/mol. The lowest BCUT2D eigenvalue weighted by Crippen LogP contribution is -2.64. The molecule has 0 radical (unpaired) electrons. The first-order chi connectivity index (χ1) is 8.91. The molecule has 1 N–H and O–H groups in total. The van der Waals surface area contributed by atoms with E-state index in [4.69, 9.17) is 0 Å². The molecule has 0 spiro atoms. The molecule has 0 saturated carbocycles. The van der Waals surface area contributed by atoms with Gasteiger partial charge in [-0.2, -0.15) is 0 Å². The first-order valence-corrected chi connectivity index (χ1v) is 6.62. The number of carbonyl (C=O) groups excluding carboxylic acids is 2. The summed E-state index contributed by atoms with van der Waals surface area (Å²) >= 11 is 0. The first kappa shape index (κ1) is 13.6. The van der Waals surface area contributed by atoms with Crippen LogP contribution in [-0.2, 0) is 9.59 Å². The van der Waals surface area contributed by atoms with E-state index in [1.807, 2.05) is 45.0 Å². The Labute approximate surface area is 113 Å². The minimum Gasteiger partial charge on any atom is -0.343 e. The molecule has 1 saturated heterocycles. The second-order valence-electron chi connectivity index (χ2n) is 5.46. The van der Waals surface area contributed by atoms with Crippen molar-refractivity contribution < 1.29 is 9.59 Å². The summed E-state index contributed by atoms with van der Waals surface area (Å²) in [6.45, 7) is 7.62. The summed E-state index contributed by atoms with van der Waals surface area (Å²) in [5, 5.41) is 2.74. The number of carbonyl (C=O) groups is 2. The number of hydrogen-bond donors (Lipinski definition) is 1. The number of hydrogen-bond acceptors (Lipinski definition) is 2. The van der Waals surface area contributed by atoms with Crippen LogP contribution in [-0.4, -0.2) is 23.9 Å². The van der Waals surface area contributed by atoms with E-state index >= 15 is 0 Å². The summed E-state index contributed by atoms with van der Waals surface area (Å²) in [5.74, 6) is -0.0671. The SMILES string of the molecule is Cc1ccc(N2C(=O)C(C)NC(=O)C2C(C)C)cc1. The van der Waals surface area contributed by atoms with Crippen LogP contribution < -0.4 is 10.2 Å². The number of piperazine rings is 1. The van der Waals surface area contributed by atoms with Gasteiger partial charge in [0.1, 0.15) is 12.1 Å². The normalized spacial score (nSPS) is 23.7. The van der Waals surface area contributed by atoms with Gasteiger partial charge in [0.05, 0.1) is 0 Å². The second-order valence-corrected chi connectivity index (χ2v) is 5.46. The number of aryl methyl sites for hydroxylation is 1. The zero-order valence-electron chi connectivity index (χ0n) is 11.8. The number of rotatable bonds is 2. The Balaban J connectivity index is 2.44. The van der Waals surface area contributed by atoms with Crippen molar-refractivity contribution in [3.63, 3.8) is 0 Å². The van der Waals surface area contributed by atoms with Gasteiger partial charge in [0.25, 0.3) is 0 Å². The third kappa shape index (κ3) is 2.48. The molecule has 0 bridgehead atoms. The van der Waals surface area contributed by atoms with E-state index in [0.717, 1.165) is 11.3 Å². The maximum absolute atomic E-state index is 12.4. The van der Waals surface area contributed by atoms with Crippen molar-refractivity contribution in [2.24, 2.45) is 5.92 Å². The molecule has 102 valence electrons. The Hall–Kier alpha value is -1.84. The van der Waals surface area contributed by atoms with Crippen molar-refractivity contribution in [1.82, 2.24) is 5.32 Å². The molecule has 1 fully saturated rings. The molecule has 1 heterocycles. The molecule has 2 unspecified atom stereocenters. The van der Waals surface area contributed by atoms with E-state index in [1.165, 1.54) is 0 Å². The van der Waals surface area contributed by atoms with Crippen LogP contribution in [0.2, 0.25) is 0 Å². The number of benzene rings is 1. The standard InChI is InChI=1S/C15H20N2O2/c1-9(2)13-14(18)16-11(4)15(19)17(13)12-7-5-10(3)6-8-12/h5-9,11,13H,1-4H3,(H,16,18). The highest BCUT2D eigenvalue weighted by atomic mass is 16.2. The number of amides is 2. The number of nitrogens with zero attached hydrogens (tertiary/aromatic N) is 1. The monoisotopic (exact) mass is 260 g/mol. The Morgan fingerprint density at radius 2 is 1.74 bits per heavy atom. The summed E-state index contributed by atoms with van der Waals surface area (Å²) in [7, 11) is 0. The Bertz CT molecular complexity index is 493. The van der Waals surface area contributed by atoms with Crippen molar-refractivity contribution in [2.45, 2.75) is 39.8 Å². The highest BCUT2D eigenvalue weighted by Gasteiger charge is 2.40. The van der Waals surface area contributed by atoms with Gasteiger partial charge in [0.15, 0.2) is 0 Å². The summed E-state index contributed by atoms with van der Waals surface area (Å²) in [6.07, 6.45) is 0. The van der Waals surface area contributed by atoms with Crippen molar-refractivity contribution in [2.75, 3.05) is 4.90 Å². The summed E-state index contributed by atoms with van der Waals surface area (Å²) in [5.41, 5.74) is 1.92. The van der Waals surface area contributed by atoms with Gasteiger partial charge >= 0.3 is 0 Å². The largest absolute Gasteiger partial charge is 0.343 e. The molecule has 1 aliphatic rings. The second kappa shape index (κ2) is 5.03. The van der Waals surface area contributed by atoms with Gasteiger partial charge < -0.3 is 5.32 Å². The quantitative estimate of drug-likeness (QED) is 0.882. The van der Waals surface area contributed by atoms with Gasteiger partial charge in [0, 0.05) is 5.69 Å². The van der Waals surface area contributed by atoms with Gasteiger partial charge in [-0.25, -0.2) is 0 Å². The summed E-state index contributed by atoms with van der Waals surface area (Å²) in [4.78, 5) is 26.2.